The van der Waals surface area contributed by atoms with Gasteiger partial charge >= 0.3 is 5.97 Å². The Kier molecular flexibility index (Phi) is 9.42. The van der Waals surface area contributed by atoms with Gasteiger partial charge in [-0.25, -0.2) is 9.78 Å². The zero-order chi connectivity index (χ0) is 28.5. The summed E-state index contributed by atoms with van der Waals surface area (Å²) in [5.41, 5.74) is 3.15. The van der Waals surface area contributed by atoms with Crippen LogP contribution in [0.2, 0.25) is 0 Å². The number of aromatic amines is 2. The summed E-state index contributed by atoms with van der Waals surface area (Å²) in [7, 11) is 0. The van der Waals surface area contributed by atoms with E-state index in [9.17, 15) is 19.5 Å². The van der Waals surface area contributed by atoms with E-state index in [0.717, 1.165) is 16.7 Å². The predicted molar refractivity (Wildman–Crippen MR) is 149 cm³/mol. The van der Waals surface area contributed by atoms with Gasteiger partial charge in [0, 0.05) is 25.1 Å². The standard InChI is InChI=1S/C29H32N6O5/c1-3-35(26-17-30-18-31-26)28(38)24-16-23(33-34-24)27(37)32-22(15-25(36)29(39)40-4-2)14-19-10-12-21(13-11-19)20-8-6-5-7-9-20/h5-13,16-18,22,25,36H,3-4,14-15H2,1-2H3,(H,30,31)(H,32,37)(H,33,34). The molecule has 208 valence electrons. The number of nitrogens with one attached hydrogen (secondary N) is 3. The lowest BCUT2D eigenvalue weighted by atomic mass is 9.97. The van der Waals surface area contributed by atoms with Gasteiger partial charge in [0.15, 0.2) is 11.8 Å². The second-order valence-corrected chi connectivity index (χ2v) is 9.09. The number of imidazole rings is 1. The van der Waals surface area contributed by atoms with E-state index in [0.29, 0.717) is 18.8 Å². The van der Waals surface area contributed by atoms with Crippen molar-refractivity contribution >= 4 is 23.6 Å². The van der Waals surface area contributed by atoms with Crippen LogP contribution in [0.15, 0.2) is 73.2 Å². The van der Waals surface area contributed by atoms with Gasteiger partial charge in [-0.15, -0.1) is 0 Å². The summed E-state index contributed by atoms with van der Waals surface area (Å²) >= 11 is 0. The zero-order valence-electron chi connectivity index (χ0n) is 22.3. The number of aliphatic hydroxyl groups is 1. The lowest BCUT2D eigenvalue weighted by molar-refractivity contribution is -0.153. The smallest absolute Gasteiger partial charge is 0.335 e. The van der Waals surface area contributed by atoms with Gasteiger partial charge in [-0.05, 0) is 37.0 Å². The molecule has 0 saturated carbocycles. The molecular formula is C29H32N6O5. The molecule has 4 N–H and O–H groups in total. The van der Waals surface area contributed by atoms with Crippen molar-refractivity contribution in [2.45, 2.75) is 38.8 Å². The fourth-order valence-electron chi connectivity index (χ4n) is 4.32. The van der Waals surface area contributed by atoms with E-state index in [1.807, 2.05) is 61.5 Å². The molecule has 0 spiro atoms. The Bertz CT molecular complexity index is 1400. The number of carbonyl (C=O) groups excluding carboxylic acids is 3. The highest BCUT2D eigenvalue weighted by Crippen LogP contribution is 2.20. The number of nitrogens with zero attached hydrogens (tertiary/aromatic N) is 3. The fourth-order valence-corrected chi connectivity index (χ4v) is 4.32. The number of aromatic nitrogens is 4. The quantitative estimate of drug-likeness (QED) is 0.200. The molecule has 0 aliphatic rings. The topological polar surface area (TPSA) is 153 Å². The first-order chi connectivity index (χ1) is 19.4. The fraction of sp³-hybridized carbons (Fsp3) is 0.276. The number of H-pyrrole nitrogens is 2. The highest BCUT2D eigenvalue weighted by atomic mass is 16.5. The molecule has 0 fully saturated rings. The van der Waals surface area contributed by atoms with Gasteiger partial charge in [-0.3, -0.25) is 19.6 Å². The van der Waals surface area contributed by atoms with Crippen molar-refractivity contribution in [2.24, 2.45) is 0 Å². The van der Waals surface area contributed by atoms with Crippen LogP contribution in [0.3, 0.4) is 0 Å². The van der Waals surface area contributed by atoms with Crippen molar-refractivity contribution in [3.63, 3.8) is 0 Å². The number of esters is 1. The monoisotopic (exact) mass is 544 g/mol. The van der Waals surface area contributed by atoms with Crippen molar-refractivity contribution < 1.29 is 24.2 Å². The molecule has 0 aliphatic heterocycles. The molecule has 11 nitrogen and oxygen atoms in total. The van der Waals surface area contributed by atoms with Gasteiger partial charge in [0.25, 0.3) is 11.8 Å². The van der Waals surface area contributed by atoms with Crippen molar-refractivity contribution in [1.29, 1.82) is 0 Å². The Morgan fingerprint density at radius 2 is 1.77 bits per heavy atom. The maximum atomic E-state index is 13.1. The number of anilines is 1. The summed E-state index contributed by atoms with van der Waals surface area (Å²) in [6, 6.07) is 18.5. The normalized spacial score (nSPS) is 12.4. The first kappa shape index (κ1) is 28.2. The van der Waals surface area contributed by atoms with Crippen LogP contribution < -0.4 is 10.2 Å². The molecule has 2 aromatic carbocycles. The van der Waals surface area contributed by atoms with Gasteiger partial charge in [0.05, 0.1) is 19.1 Å². The molecule has 2 amide bonds. The second kappa shape index (κ2) is 13.3. The van der Waals surface area contributed by atoms with Crippen LogP contribution in [0, 0.1) is 0 Å². The van der Waals surface area contributed by atoms with Crippen LogP contribution in [-0.4, -0.2) is 68.4 Å². The Hall–Kier alpha value is -4.77. The number of aliphatic hydroxyl groups excluding tert-OH is 1. The minimum Gasteiger partial charge on any atom is -0.464 e. The molecule has 2 unspecified atom stereocenters. The number of hydrogen-bond acceptors (Lipinski definition) is 7. The maximum Gasteiger partial charge on any atom is 0.335 e. The maximum absolute atomic E-state index is 13.1. The molecule has 0 bridgehead atoms. The van der Waals surface area contributed by atoms with E-state index in [2.05, 4.69) is 25.5 Å². The number of hydrogen-bond donors (Lipinski definition) is 4. The molecule has 4 aromatic rings. The SMILES string of the molecule is CCOC(=O)C(O)CC(Cc1ccc(-c2ccccc2)cc1)NC(=O)c1cc(C(=O)N(CC)c2cnc[nH]2)[nH]n1. The Balaban J connectivity index is 1.48. The van der Waals surface area contributed by atoms with E-state index in [1.165, 1.54) is 23.5 Å². The average Bonchev–Trinajstić information content (AvgIpc) is 3.68. The summed E-state index contributed by atoms with van der Waals surface area (Å²) in [5, 5.41) is 19.9. The van der Waals surface area contributed by atoms with E-state index >= 15 is 0 Å². The largest absolute Gasteiger partial charge is 0.464 e. The summed E-state index contributed by atoms with van der Waals surface area (Å²) in [6.07, 6.45) is 1.85. The molecule has 0 saturated heterocycles. The van der Waals surface area contributed by atoms with E-state index in [4.69, 9.17) is 4.74 Å². The van der Waals surface area contributed by atoms with E-state index in [-0.39, 0.29) is 30.3 Å². The second-order valence-electron chi connectivity index (χ2n) is 9.09. The summed E-state index contributed by atoms with van der Waals surface area (Å²) in [6.45, 7) is 3.97. The molecule has 11 heteroatoms. The average molecular weight is 545 g/mol. The van der Waals surface area contributed by atoms with Crippen molar-refractivity contribution in [3.05, 3.63) is 90.1 Å². The highest BCUT2D eigenvalue weighted by Gasteiger charge is 2.26. The van der Waals surface area contributed by atoms with Crippen molar-refractivity contribution in [3.8, 4) is 11.1 Å². The molecule has 40 heavy (non-hydrogen) atoms. The lowest BCUT2D eigenvalue weighted by Crippen LogP contribution is -2.41. The first-order valence-corrected chi connectivity index (χ1v) is 13.0. The van der Waals surface area contributed by atoms with Gasteiger partial charge in [0.2, 0.25) is 0 Å². The lowest BCUT2D eigenvalue weighted by Gasteiger charge is -2.21. The Morgan fingerprint density at radius 3 is 2.42 bits per heavy atom. The molecule has 2 aromatic heterocycles. The van der Waals surface area contributed by atoms with Gasteiger partial charge in [-0.2, -0.15) is 5.10 Å². The van der Waals surface area contributed by atoms with Crippen LogP contribution in [0.5, 0.6) is 0 Å². The molecule has 2 atom stereocenters. The Labute approximate surface area is 231 Å². The number of rotatable bonds is 12. The zero-order valence-corrected chi connectivity index (χ0v) is 22.3. The minimum absolute atomic E-state index is 0.000867. The van der Waals surface area contributed by atoms with Crippen LogP contribution in [0.4, 0.5) is 5.82 Å². The summed E-state index contributed by atoms with van der Waals surface area (Å²) < 4.78 is 4.93. The Morgan fingerprint density at radius 1 is 1.05 bits per heavy atom. The predicted octanol–water partition coefficient (Wildman–Crippen LogP) is 3.12. The summed E-state index contributed by atoms with van der Waals surface area (Å²) in [4.78, 5) is 46.5. The van der Waals surface area contributed by atoms with Crippen molar-refractivity contribution in [2.75, 3.05) is 18.1 Å². The van der Waals surface area contributed by atoms with Gasteiger partial charge in [0.1, 0.15) is 11.5 Å². The third-order valence-electron chi connectivity index (χ3n) is 6.32. The van der Waals surface area contributed by atoms with E-state index < -0.39 is 24.0 Å². The number of ether oxygens (including phenoxy) is 1. The minimum atomic E-state index is -1.42. The van der Waals surface area contributed by atoms with E-state index in [1.54, 1.807) is 6.92 Å². The number of amides is 2. The molecular weight excluding hydrogens is 512 g/mol. The van der Waals surface area contributed by atoms with Gasteiger partial charge < -0.3 is 20.1 Å². The highest BCUT2D eigenvalue weighted by molar-refractivity contribution is 6.05. The van der Waals surface area contributed by atoms with Crippen LogP contribution in [0.1, 0.15) is 46.8 Å². The third kappa shape index (κ3) is 7.00. The third-order valence-corrected chi connectivity index (χ3v) is 6.32. The van der Waals surface area contributed by atoms with Crippen LogP contribution in [-0.2, 0) is 16.0 Å². The van der Waals surface area contributed by atoms with Crippen LogP contribution in [0.25, 0.3) is 11.1 Å². The molecule has 0 aliphatic carbocycles. The summed E-state index contributed by atoms with van der Waals surface area (Å²) in [5.74, 6) is -1.18. The van der Waals surface area contributed by atoms with Gasteiger partial charge in [-0.1, -0.05) is 54.6 Å². The number of benzene rings is 2. The molecule has 2 heterocycles. The molecule has 0 radical (unpaired) electrons. The number of carbonyl (C=O) groups is 3. The molecule has 4 rings (SSSR count). The van der Waals surface area contributed by atoms with Crippen LogP contribution >= 0.6 is 0 Å². The first-order valence-electron chi connectivity index (χ1n) is 13.0. The van der Waals surface area contributed by atoms with Crippen molar-refractivity contribution in [1.82, 2.24) is 25.5 Å².